The molecule has 0 aromatic heterocycles. The van der Waals surface area contributed by atoms with Crippen molar-refractivity contribution >= 4 is 5.91 Å². The van der Waals surface area contributed by atoms with Crippen molar-refractivity contribution in [3.05, 3.63) is 34.9 Å². The number of carbonyl (C=O) groups is 1. The second-order valence-corrected chi connectivity index (χ2v) is 5.64. The lowest BCUT2D eigenvalue weighted by atomic mass is 9.89. The summed E-state index contributed by atoms with van der Waals surface area (Å²) in [5.41, 5.74) is 2.79. The van der Waals surface area contributed by atoms with E-state index in [0.717, 1.165) is 16.7 Å². The van der Waals surface area contributed by atoms with E-state index in [1.165, 1.54) is 0 Å². The molecule has 1 aromatic rings. The van der Waals surface area contributed by atoms with Crippen LogP contribution < -0.4 is 5.32 Å². The zero-order valence-electron chi connectivity index (χ0n) is 11.7. The Morgan fingerprint density at radius 3 is 2.56 bits per heavy atom. The summed E-state index contributed by atoms with van der Waals surface area (Å²) in [6, 6.07) is 5.81. The average molecular weight is 249 g/mol. The Bertz CT molecular complexity index is 425. The van der Waals surface area contributed by atoms with Crippen LogP contribution in [0.5, 0.6) is 0 Å². The fraction of sp³-hybridized carbons (Fsp3) is 0.533. The van der Waals surface area contributed by atoms with Gasteiger partial charge in [0.05, 0.1) is 0 Å². The van der Waals surface area contributed by atoms with Crippen molar-refractivity contribution in [2.24, 2.45) is 5.41 Å². The number of benzene rings is 1. The first-order chi connectivity index (χ1) is 8.35. The van der Waals surface area contributed by atoms with Gasteiger partial charge in [0.15, 0.2) is 0 Å². The van der Waals surface area contributed by atoms with Crippen molar-refractivity contribution < 1.29 is 9.90 Å². The molecule has 1 amide bonds. The van der Waals surface area contributed by atoms with E-state index in [1.54, 1.807) is 0 Å². The molecule has 2 N–H and O–H groups in total. The number of carbonyl (C=O) groups excluding carboxylic acids is 1. The highest BCUT2D eigenvalue weighted by molar-refractivity contribution is 5.95. The summed E-state index contributed by atoms with van der Waals surface area (Å²) in [6.45, 7) is 8.74. The molecule has 0 aliphatic carbocycles. The second-order valence-electron chi connectivity index (χ2n) is 5.64. The second kappa shape index (κ2) is 6.01. The van der Waals surface area contributed by atoms with Gasteiger partial charge in [0.2, 0.25) is 0 Å². The van der Waals surface area contributed by atoms with Gasteiger partial charge < -0.3 is 10.4 Å². The molecule has 0 radical (unpaired) electrons. The van der Waals surface area contributed by atoms with E-state index in [-0.39, 0.29) is 17.9 Å². The summed E-state index contributed by atoms with van der Waals surface area (Å²) < 4.78 is 0. The number of aliphatic hydroxyl groups is 1. The largest absolute Gasteiger partial charge is 0.396 e. The normalized spacial score (nSPS) is 11.4. The molecule has 0 unspecified atom stereocenters. The van der Waals surface area contributed by atoms with Crippen LogP contribution >= 0.6 is 0 Å². The Morgan fingerprint density at radius 2 is 2.00 bits per heavy atom. The molecule has 3 nitrogen and oxygen atoms in total. The third kappa shape index (κ3) is 4.15. The number of hydrogen-bond donors (Lipinski definition) is 2. The number of amides is 1. The summed E-state index contributed by atoms with van der Waals surface area (Å²) in [5, 5.41) is 11.9. The molecule has 0 saturated carbocycles. The maximum atomic E-state index is 12.1. The van der Waals surface area contributed by atoms with Gasteiger partial charge in [-0.15, -0.1) is 0 Å². The van der Waals surface area contributed by atoms with Gasteiger partial charge >= 0.3 is 0 Å². The molecule has 0 heterocycles. The topological polar surface area (TPSA) is 49.3 Å². The molecular weight excluding hydrogens is 226 g/mol. The van der Waals surface area contributed by atoms with Crippen LogP contribution in [0.25, 0.3) is 0 Å². The van der Waals surface area contributed by atoms with Gasteiger partial charge in [-0.05, 0) is 37.3 Å². The van der Waals surface area contributed by atoms with Crippen LogP contribution in [0.1, 0.15) is 41.8 Å². The van der Waals surface area contributed by atoms with E-state index in [1.807, 2.05) is 45.9 Å². The van der Waals surface area contributed by atoms with Gasteiger partial charge in [0, 0.05) is 18.7 Å². The fourth-order valence-corrected chi connectivity index (χ4v) is 1.87. The predicted octanol–water partition coefficient (Wildman–Crippen LogP) is 2.44. The van der Waals surface area contributed by atoms with Crippen molar-refractivity contribution in [1.29, 1.82) is 0 Å². The molecule has 0 aliphatic rings. The molecular formula is C15H23NO2. The zero-order valence-corrected chi connectivity index (χ0v) is 11.7. The van der Waals surface area contributed by atoms with Crippen LogP contribution in [-0.4, -0.2) is 24.2 Å². The first-order valence-electron chi connectivity index (χ1n) is 6.32. The Hall–Kier alpha value is -1.35. The molecule has 0 aliphatic heterocycles. The molecule has 1 rings (SSSR count). The number of hydrogen-bond acceptors (Lipinski definition) is 2. The first-order valence-corrected chi connectivity index (χ1v) is 6.32. The van der Waals surface area contributed by atoms with Crippen molar-refractivity contribution in [2.45, 2.75) is 34.1 Å². The van der Waals surface area contributed by atoms with Gasteiger partial charge in [-0.3, -0.25) is 4.79 Å². The van der Waals surface area contributed by atoms with Gasteiger partial charge in [-0.25, -0.2) is 0 Å². The van der Waals surface area contributed by atoms with E-state index in [4.69, 9.17) is 5.11 Å². The molecule has 0 saturated heterocycles. The average Bonchev–Trinajstić information content (AvgIpc) is 2.26. The quantitative estimate of drug-likeness (QED) is 0.842. The van der Waals surface area contributed by atoms with Gasteiger partial charge in [-0.1, -0.05) is 31.5 Å². The lowest BCUT2D eigenvalue weighted by Gasteiger charge is -2.24. The molecule has 18 heavy (non-hydrogen) atoms. The van der Waals surface area contributed by atoms with Gasteiger partial charge in [0.25, 0.3) is 5.91 Å². The highest BCUT2D eigenvalue weighted by Crippen LogP contribution is 2.18. The highest BCUT2D eigenvalue weighted by Gasteiger charge is 2.19. The van der Waals surface area contributed by atoms with Crippen LogP contribution in [0.3, 0.4) is 0 Å². The number of rotatable bonds is 5. The summed E-state index contributed by atoms with van der Waals surface area (Å²) in [7, 11) is 0. The zero-order chi connectivity index (χ0) is 13.8. The van der Waals surface area contributed by atoms with Crippen molar-refractivity contribution in [3.8, 4) is 0 Å². The Balaban J connectivity index is 2.66. The Labute approximate surface area is 109 Å². The number of aliphatic hydroxyl groups excluding tert-OH is 1. The molecule has 0 spiro atoms. The van der Waals surface area contributed by atoms with Crippen LogP contribution in [0, 0.1) is 19.3 Å². The maximum Gasteiger partial charge on any atom is 0.251 e. The fourth-order valence-electron chi connectivity index (χ4n) is 1.87. The van der Waals surface area contributed by atoms with Crippen LogP contribution in [0.4, 0.5) is 0 Å². The summed E-state index contributed by atoms with van der Waals surface area (Å²) in [4.78, 5) is 12.1. The van der Waals surface area contributed by atoms with E-state index < -0.39 is 0 Å². The molecule has 0 fully saturated rings. The van der Waals surface area contributed by atoms with E-state index in [9.17, 15) is 4.79 Å². The van der Waals surface area contributed by atoms with Crippen molar-refractivity contribution in [1.82, 2.24) is 5.32 Å². The van der Waals surface area contributed by atoms with E-state index >= 15 is 0 Å². The molecule has 0 atom stereocenters. The van der Waals surface area contributed by atoms with Crippen LogP contribution in [0.2, 0.25) is 0 Å². The van der Waals surface area contributed by atoms with Crippen LogP contribution in [0.15, 0.2) is 18.2 Å². The van der Waals surface area contributed by atoms with E-state index in [0.29, 0.717) is 13.0 Å². The highest BCUT2D eigenvalue weighted by atomic mass is 16.3. The van der Waals surface area contributed by atoms with Crippen molar-refractivity contribution in [3.63, 3.8) is 0 Å². The Kier molecular flexibility index (Phi) is 4.91. The predicted molar refractivity (Wildman–Crippen MR) is 73.7 cm³/mol. The lowest BCUT2D eigenvalue weighted by Crippen LogP contribution is -2.34. The Morgan fingerprint density at radius 1 is 1.33 bits per heavy atom. The lowest BCUT2D eigenvalue weighted by molar-refractivity contribution is 0.0927. The smallest absolute Gasteiger partial charge is 0.251 e. The van der Waals surface area contributed by atoms with Crippen LogP contribution in [-0.2, 0) is 0 Å². The summed E-state index contributed by atoms with van der Waals surface area (Å²) in [6.07, 6.45) is 0.681. The standard InChI is InChI=1S/C15H23NO2/c1-11-5-6-13(12(2)9-11)14(18)16-10-15(3,4)7-8-17/h5-6,9,17H,7-8,10H2,1-4H3,(H,16,18). The SMILES string of the molecule is Cc1ccc(C(=O)NCC(C)(C)CCO)c(C)c1. The molecule has 1 aromatic carbocycles. The minimum atomic E-state index is -0.0803. The van der Waals surface area contributed by atoms with Gasteiger partial charge in [0.1, 0.15) is 0 Å². The minimum absolute atomic E-state index is 0.0430. The van der Waals surface area contributed by atoms with Gasteiger partial charge in [-0.2, -0.15) is 0 Å². The monoisotopic (exact) mass is 249 g/mol. The van der Waals surface area contributed by atoms with Crippen molar-refractivity contribution in [2.75, 3.05) is 13.2 Å². The number of nitrogens with one attached hydrogen (secondary N) is 1. The first kappa shape index (κ1) is 14.7. The third-order valence-corrected chi connectivity index (χ3v) is 3.14. The number of aryl methyl sites for hydroxylation is 2. The summed E-state index contributed by atoms with van der Waals surface area (Å²) in [5.74, 6) is -0.0430. The molecule has 3 heteroatoms. The summed E-state index contributed by atoms with van der Waals surface area (Å²) >= 11 is 0. The molecule has 0 bridgehead atoms. The third-order valence-electron chi connectivity index (χ3n) is 3.14. The van der Waals surface area contributed by atoms with E-state index in [2.05, 4.69) is 5.32 Å². The molecule has 100 valence electrons. The minimum Gasteiger partial charge on any atom is -0.396 e. The maximum absolute atomic E-state index is 12.1.